The van der Waals surface area contributed by atoms with Crippen LogP contribution < -0.4 is 19.6 Å². The number of methoxy groups -OCH3 is 1. The molecule has 0 atom stereocenters. The van der Waals surface area contributed by atoms with Crippen molar-refractivity contribution < 1.29 is 27.5 Å². The highest BCUT2D eigenvalue weighted by molar-refractivity contribution is 9.10. The first-order chi connectivity index (χ1) is 16.3. The van der Waals surface area contributed by atoms with Crippen LogP contribution in [0.2, 0.25) is 0 Å². The minimum absolute atomic E-state index is 0.0451. The zero-order chi connectivity index (χ0) is 24.6. The molecule has 0 bridgehead atoms. The Kier molecular flexibility index (Phi) is 8.52. The molecule has 9 nitrogen and oxygen atoms in total. The van der Waals surface area contributed by atoms with Gasteiger partial charge in [-0.05, 0) is 54.6 Å². The number of hydrogen-bond donors (Lipinski definition) is 2. The van der Waals surface area contributed by atoms with Crippen molar-refractivity contribution in [1.29, 1.82) is 0 Å². The van der Waals surface area contributed by atoms with E-state index in [4.69, 9.17) is 9.47 Å². The minimum Gasteiger partial charge on any atom is -0.497 e. The molecule has 0 aliphatic heterocycles. The SMILES string of the molecule is COc1ccc(C(=O)Oc2ccc(Br)cc2/C=N/NC(=O)CNS(=O)(=O)c2ccccc2)cc1. The van der Waals surface area contributed by atoms with Crippen molar-refractivity contribution in [2.75, 3.05) is 13.7 Å². The molecule has 0 heterocycles. The van der Waals surface area contributed by atoms with Crippen LogP contribution in [0.1, 0.15) is 15.9 Å². The Morgan fingerprint density at radius 1 is 1.03 bits per heavy atom. The summed E-state index contributed by atoms with van der Waals surface area (Å²) in [5.41, 5.74) is 2.96. The van der Waals surface area contributed by atoms with Crippen LogP contribution in [0.3, 0.4) is 0 Å². The molecule has 0 unspecified atom stereocenters. The third-order valence-electron chi connectivity index (χ3n) is 4.37. The van der Waals surface area contributed by atoms with Crippen LogP contribution in [-0.4, -0.2) is 40.2 Å². The van der Waals surface area contributed by atoms with Crippen LogP contribution in [0.4, 0.5) is 0 Å². The highest BCUT2D eigenvalue weighted by Crippen LogP contribution is 2.23. The maximum atomic E-state index is 12.5. The monoisotopic (exact) mass is 545 g/mol. The lowest BCUT2D eigenvalue weighted by atomic mass is 10.2. The third-order valence-corrected chi connectivity index (χ3v) is 6.28. The van der Waals surface area contributed by atoms with E-state index in [0.717, 1.165) is 0 Å². The first kappa shape index (κ1) is 25.1. The van der Waals surface area contributed by atoms with E-state index in [9.17, 15) is 18.0 Å². The summed E-state index contributed by atoms with van der Waals surface area (Å²) in [5.74, 6) is -0.442. The van der Waals surface area contributed by atoms with Crippen molar-refractivity contribution in [1.82, 2.24) is 10.1 Å². The maximum Gasteiger partial charge on any atom is 0.343 e. The van der Waals surface area contributed by atoms with E-state index < -0.39 is 28.4 Å². The van der Waals surface area contributed by atoms with E-state index in [-0.39, 0.29) is 10.6 Å². The number of sulfonamides is 1. The van der Waals surface area contributed by atoms with Gasteiger partial charge in [0.15, 0.2) is 0 Å². The molecule has 3 aromatic carbocycles. The van der Waals surface area contributed by atoms with Crippen molar-refractivity contribution >= 4 is 44.0 Å². The number of hydrazone groups is 1. The fraction of sp³-hybridized carbons (Fsp3) is 0.0870. The lowest BCUT2D eigenvalue weighted by Crippen LogP contribution is -2.34. The van der Waals surface area contributed by atoms with Gasteiger partial charge in [-0.3, -0.25) is 4.79 Å². The van der Waals surface area contributed by atoms with Crippen LogP contribution in [-0.2, 0) is 14.8 Å². The Morgan fingerprint density at radius 2 is 1.74 bits per heavy atom. The first-order valence-electron chi connectivity index (χ1n) is 9.81. The number of nitrogens with zero attached hydrogens (tertiary/aromatic N) is 1. The highest BCUT2D eigenvalue weighted by atomic mass is 79.9. The highest BCUT2D eigenvalue weighted by Gasteiger charge is 2.15. The van der Waals surface area contributed by atoms with E-state index in [0.29, 0.717) is 21.3 Å². The minimum atomic E-state index is -3.82. The molecule has 3 rings (SSSR count). The van der Waals surface area contributed by atoms with Crippen LogP contribution >= 0.6 is 15.9 Å². The second-order valence-electron chi connectivity index (χ2n) is 6.73. The Bertz CT molecular complexity index is 1300. The Balaban J connectivity index is 1.62. The van der Waals surface area contributed by atoms with Gasteiger partial charge in [-0.25, -0.2) is 23.4 Å². The molecule has 11 heteroatoms. The standard InChI is InChI=1S/C23H20BrN3O6S/c1-32-19-10-7-16(8-11-19)23(29)33-21-12-9-18(24)13-17(21)14-25-27-22(28)15-26-34(30,31)20-5-3-2-4-6-20/h2-14,26H,15H2,1H3,(H,27,28)/b25-14+. The summed E-state index contributed by atoms with van der Waals surface area (Å²) in [6.45, 7) is -0.508. The number of nitrogens with one attached hydrogen (secondary N) is 2. The van der Waals surface area contributed by atoms with Gasteiger partial charge in [0, 0.05) is 10.0 Å². The van der Waals surface area contributed by atoms with E-state index in [1.54, 1.807) is 60.7 Å². The zero-order valence-corrected chi connectivity index (χ0v) is 20.3. The largest absolute Gasteiger partial charge is 0.497 e. The molecule has 2 N–H and O–H groups in total. The van der Waals surface area contributed by atoms with E-state index >= 15 is 0 Å². The Hall–Kier alpha value is -3.54. The molecule has 0 saturated heterocycles. The normalized spacial score (nSPS) is 11.2. The van der Waals surface area contributed by atoms with Crippen molar-refractivity contribution in [2.24, 2.45) is 5.10 Å². The number of carbonyl (C=O) groups is 2. The summed E-state index contributed by atoms with van der Waals surface area (Å²) >= 11 is 3.33. The van der Waals surface area contributed by atoms with Crippen molar-refractivity contribution in [3.8, 4) is 11.5 Å². The van der Waals surface area contributed by atoms with Gasteiger partial charge in [0.25, 0.3) is 5.91 Å². The molecular weight excluding hydrogens is 526 g/mol. The van der Waals surface area contributed by atoms with E-state index in [2.05, 4.69) is 31.2 Å². The topological polar surface area (TPSA) is 123 Å². The average Bonchev–Trinajstić information content (AvgIpc) is 2.85. The third kappa shape index (κ3) is 6.98. The van der Waals surface area contributed by atoms with Crippen LogP contribution in [0.25, 0.3) is 0 Å². The van der Waals surface area contributed by atoms with Gasteiger partial charge in [-0.1, -0.05) is 34.1 Å². The van der Waals surface area contributed by atoms with Gasteiger partial charge in [0.05, 0.1) is 30.3 Å². The molecule has 3 aromatic rings. The Labute approximate surface area is 205 Å². The van der Waals surface area contributed by atoms with E-state index in [1.165, 1.54) is 25.5 Å². The van der Waals surface area contributed by atoms with Crippen molar-refractivity contribution in [3.63, 3.8) is 0 Å². The van der Waals surface area contributed by atoms with E-state index in [1.807, 2.05) is 0 Å². The molecule has 1 amide bonds. The quantitative estimate of drug-likeness (QED) is 0.184. The van der Waals surface area contributed by atoms with Gasteiger partial charge in [0.2, 0.25) is 10.0 Å². The summed E-state index contributed by atoms with van der Waals surface area (Å²) in [6, 6.07) is 19.0. The summed E-state index contributed by atoms with van der Waals surface area (Å²) in [5, 5.41) is 3.83. The molecule has 0 aliphatic carbocycles. The van der Waals surface area contributed by atoms with Gasteiger partial charge in [-0.15, -0.1) is 0 Å². The summed E-state index contributed by atoms with van der Waals surface area (Å²) in [4.78, 5) is 24.5. The second-order valence-corrected chi connectivity index (χ2v) is 9.41. The molecule has 0 aliphatic rings. The molecule has 0 saturated carbocycles. The van der Waals surface area contributed by atoms with Gasteiger partial charge >= 0.3 is 5.97 Å². The number of esters is 1. The summed E-state index contributed by atoms with van der Waals surface area (Å²) < 4.78 is 37.8. The number of hydrogen-bond acceptors (Lipinski definition) is 7. The fourth-order valence-corrected chi connectivity index (χ4v) is 4.04. The predicted octanol–water partition coefficient (Wildman–Crippen LogP) is 3.11. The number of halogens is 1. The number of amides is 1. The molecule has 0 radical (unpaired) electrons. The maximum absolute atomic E-state index is 12.5. The average molecular weight is 546 g/mol. The van der Waals surface area contributed by atoms with Gasteiger partial charge < -0.3 is 9.47 Å². The zero-order valence-electron chi connectivity index (χ0n) is 17.9. The summed E-state index contributed by atoms with van der Waals surface area (Å²) in [7, 11) is -2.30. The van der Waals surface area contributed by atoms with Gasteiger partial charge in [-0.2, -0.15) is 5.10 Å². The lowest BCUT2D eigenvalue weighted by Gasteiger charge is -2.09. The smallest absolute Gasteiger partial charge is 0.343 e. The lowest BCUT2D eigenvalue weighted by molar-refractivity contribution is -0.119. The molecular formula is C23H20BrN3O6S. The molecule has 176 valence electrons. The summed E-state index contributed by atoms with van der Waals surface area (Å²) in [6.07, 6.45) is 1.28. The molecule has 0 spiro atoms. The van der Waals surface area contributed by atoms with Crippen LogP contribution in [0, 0.1) is 0 Å². The van der Waals surface area contributed by atoms with Crippen LogP contribution in [0.5, 0.6) is 11.5 Å². The second kappa shape index (κ2) is 11.5. The van der Waals surface area contributed by atoms with Gasteiger partial charge in [0.1, 0.15) is 11.5 Å². The van der Waals surface area contributed by atoms with Crippen LogP contribution in [0.15, 0.2) is 87.3 Å². The molecule has 0 aromatic heterocycles. The van der Waals surface area contributed by atoms with Crippen molar-refractivity contribution in [2.45, 2.75) is 4.90 Å². The molecule has 0 fully saturated rings. The molecule has 34 heavy (non-hydrogen) atoms. The van der Waals surface area contributed by atoms with Crippen molar-refractivity contribution in [3.05, 3.63) is 88.4 Å². The number of ether oxygens (including phenoxy) is 2. The predicted molar refractivity (Wildman–Crippen MR) is 129 cm³/mol. The first-order valence-corrected chi connectivity index (χ1v) is 12.1. The number of benzene rings is 3. The Morgan fingerprint density at radius 3 is 2.41 bits per heavy atom. The number of rotatable bonds is 9. The number of carbonyl (C=O) groups excluding carboxylic acids is 2. The fourth-order valence-electron chi connectivity index (χ4n) is 2.66.